The summed E-state index contributed by atoms with van der Waals surface area (Å²) >= 11 is 0. The smallest absolute Gasteiger partial charge is 0.192 e. The normalized spacial score (nSPS) is 11.2. The highest BCUT2D eigenvalue weighted by molar-refractivity contribution is 5.77. The molecule has 0 unspecified atom stereocenters. The largest absolute Gasteiger partial charge is 0.441 e. The molecular formula is C15H18N4O. The first kappa shape index (κ1) is 12.7. The zero-order valence-electron chi connectivity index (χ0n) is 12.2. The minimum Gasteiger partial charge on any atom is -0.441 e. The Bertz CT molecular complexity index is 770. The molecule has 2 aromatic heterocycles. The molecule has 1 N–H and O–H groups in total. The lowest BCUT2D eigenvalue weighted by Gasteiger charge is -2.06. The van der Waals surface area contributed by atoms with Gasteiger partial charge in [0, 0.05) is 37.5 Å². The van der Waals surface area contributed by atoms with Gasteiger partial charge in [0.05, 0.1) is 5.69 Å². The first-order chi connectivity index (χ1) is 9.54. The van der Waals surface area contributed by atoms with Gasteiger partial charge in [-0.05, 0) is 32.0 Å². The third kappa shape index (κ3) is 2.15. The van der Waals surface area contributed by atoms with Crippen LogP contribution in [0.2, 0.25) is 0 Å². The van der Waals surface area contributed by atoms with E-state index in [2.05, 4.69) is 22.3 Å². The Morgan fingerprint density at radius 3 is 2.75 bits per heavy atom. The van der Waals surface area contributed by atoms with Gasteiger partial charge < -0.3 is 9.73 Å². The van der Waals surface area contributed by atoms with E-state index in [0.717, 1.165) is 29.0 Å². The maximum absolute atomic E-state index is 5.47. The van der Waals surface area contributed by atoms with Crippen LogP contribution in [-0.2, 0) is 13.6 Å². The Morgan fingerprint density at radius 1 is 1.25 bits per heavy atom. The lowest BCUT2D eigenvalue weighted by Crippen LogP contribution is -2.02. The second-order valence-corrected chi connectivity index (χ2v) is 5.04. The van der Waals surface area contributed by atoms with E-state index in [0.29, 0.717) is 5.89 Å². The second kappa shape index (κ2) is 4.67. The number of anilines is 1. The lowest BCUT2D eigenvalue weighted by atomic mass is 10.2. The van der Waals surface area contributed by atoms with E-state index < -0.39 is 0 Å². The molecule has 3 rings (SSSR count). The van der Waals surface area contributed by atoms with E-state index in [9.17, 15) is 0 Å². The maximum Gasteiger partial charge on any atom is 0.192 e. The van der Waals surface area contributed by atoms with Crippen LogP contribution < -0.4 is 5.32 Å². The van der Waals surface area contributed by atoms with Gasteiger partial charge in [0.15, 0.2) is 11.5 Å². The molecule has 5 nitrogen and oxygen atoms in total. The summed E-state index contributed by atoms with van der Waals surface area (Å²) < 4.78 is 7.39. The predicted molar refractivity (Wildman–Crippen MR) is 78.8 cm³/mol. The first-order valence-corrected chi connectivity index (χ1v) is 6.65. The highest BCUT2D eigenvalue weighted by Crippen LogP contribution is 2.21. The molecule has 0 amide bonds. The fourth-order valence-electron chi connectivity index (χ4n) is 2.42. The van der Waals surface area contributed by atoms with Gasteiger partial charge in [-0.15, -0.1) is 0 Å². The van der Waals surface area contributed by atoms with Crippen molar-refractivity contribution in [3.8, 4) is 0 Å². The SMILES string of the molecule is Cc1nc2cc(NCc3c(C)nn(C)c3C)ccc2o1. The van der Waals surface area contributed by atoms with Gasteiger partial charge in [0.1, 0.15) is 5.52 Å². The van der Waals surface area contributed by atoms with Gasteiger partial charge in [0.2, 0.25) is 0 Å². The van der Waals surface area contributed by atoms with Crippen LogP contribution in [0.15, 0.2) is 22.6 Å². The van der Waals surface area contributed by atoms with Crippen LogP contribution >= 0.6 is 0 Å². The maximum atomic E-state index is 5.47. The number of nitrogens with one attached hydrogen (secondary N) is 1. The summed E-state index contributed by atoms with van der Waals surface area (Å²) in [7, 11) is 1.97. The highest BCUT2D eigenvalue weighted by Gasteiger charge is 2.09. The fourth-order valence-corrected chi connectivity index (χ4v) is 2.42. The molecule has 0 fully saturated rings. The molecule has 0 aliphatic carbocycles. The number of oxazole rings is 1. The van der Waals surface area contributed by atoms with E-state index in [1.165, 1.54) is 11.3 Å². The molecule has 2 heterocycles. The van der Waals surface area contributed by atoms with Crippen LogP contribution in [0.3, 0.4) is 0 Å². The van der Waals surface area contributed by atoms with Crippen molar-refractivity contribution in [3.05, 3.63) is 41.0 Å². The van der Waals surface area contributed by atoms with Crippen molar-refractivity contribution in [1.82, 2.24) is 14.8 Å². The van der Waals surface area contributed by atoms with Crippen molar-refractivity contribution in [2.75, 3.05) is 5.32 Å². The van der Waals surface area contributed by atoms with Gasteiger partial charge in [-0.1, -0.05) is 0 Å². The van der Waals surface area contributed by atoms with Crippen LogP contribution in [0.4, 0.5) is 5.69 Å². The van der Waals surface area contributed by atoms with Crippen molar-refractivity contribution in [2.45, 2.75) is 27.3 Å². The second-order valence-electron chi connectivity index (χ2n) is 5.04. The molecule has 0 aliphatic heterocycles. The molecule has 104 valence electrons. The van der Waals surface area contributed by atoms with E-state index in [-0.39, 0.29) is 0 Å². The van der Waals surface area contributed by atoms with Gasteiger partial charge in [-0.2, -0.15) is 5.10 Å². The summed E-state index contributed by atoms with van der Waals surface area (Å²) in [4.78, 5) is 4.34. The van der Waals surface area contributed by atoms with Crippen LogP contribution in [0.25, 0.3) is 11.1 Å². The van der Waals surface area contributed by atoms with Crippen LogP contribution in [0.1, 0.15) is 22.8 Å². The van der Waals surface area contributed by atoms with Crippen molar-refractivity contribution >= 4 is 16.8 Å². The third-order valence-corrected chi connectivity index (χ3v) is 3.62. The number of aromatic nitrogens is 3. The summed E-state index contributed by atoms with van der Waals surface area (Å²) in [5.74, 6) is 0.691. The standard InChI is InChI=1S/C15H18N4O/c1-9-13(10(2)19(4)18-9)8-16-12-5-6-15-14(7-12)17-11(3)20-15/h5-7,16H,8H2,1-4H3. The molecule has 0 bridgehead atoms. The van der Waals surface area contributed by atoms with Crippen molar-refractivity contribution in [1.29, 1.82) is 0 Å². The zero-order chi connectivity index (χ0) is 14.3. The predicted octanol–water partition coefficient (Wildman–Crippen LogP) is 3.10. The molecule has 1 aromatic carbocycles. The molecule has 0 aliphatic rings. The number of hydrogen-bond acceptors (Lipinski definition) is 4. The molecule has 0 radical (unpaired) electrons. The van der Waals surface area contributed by atoms with Crippen molar-refractivity contribution < 1.29 is 4.42 Å². The summed E-state index contributed by atoms with van der Waals surface area (Å²) in [5.41, 5.74) is 6.23. The minimum absolute atomic E-state index is 0.691. The van der Waals surface area contributed by atoms with Crippen LogP contribution in [-0.4, -0.2) is 14.8 Å². The summed E-state index contributed by atoms with van der Waals surface area (Å²) in [5, 5.41) is 7.85. The first-order valence-electron chi connectivity index (χ1n) is 6.65. The molecular weight excluding hydrogens is 252 g/mol. The quantitative estimate of drug-likeness (QED) is 0.794. The summed E-state index contributed by atoms with van der Waals surface area (Å²) in [6.45, 7) is 6.73. The monoisotopic (exact) mass is 270 g/mol. The Morgan fingerprint density at radius 2 is 2.05 bits per heavy atom. The number of benzene rings is 1. The number of hydrogen-bond donors (Lipinski definition) is 1. The number of fused-ring (bicyclic) bond motifs is 1. The van der Waals surface area contributed by atoms with E-state index in [1.807, 2.05) is 43.8 Å². The molecule has 0 saturated heterocycles. The third-order valence-electron chi connectivity index (χ3n) is 3.62. The average molecular weight is 270 g/mol. The van der Waals surface area contributed by atoms with Gasteiger partial charge >= 0.3 is 0 Å². The lowest BCUT2D eigenvalue weighted by molar-refractivity contribution is 0.561. The fraction of sp³-hybridized carbons (Fsp3) is 0.333. The van der Waals surface area contributed by atoms with Gasteiger partial charge in [-0.3, -0.25) is 4.68 Å². The van der Waals surface area contributed by atoms with Gasteiger partial charge in [0.25, 0.3) is 0 Å². The van der Waals surface area contributed by atoms with Gasteiger partial charge in [-0.25, -0.2) is 4.98 Å². The molecule has 20 heavy (non-hydrogen) atoms. The summed E-state index contributed by atoms with van der Waals surface area (Å²) in [6, 6.07) is 5.96. The molecule has 0 saturated carbocycles. The van der Waals surface area contributed by atoms with E-state index in [4.69, 9.17) is 4.42 Å². The Kier molecular flexibility index (Phi) is 2.97. The number of nitrogens with zero attached hydrogens (tertiary/aromatic N) is 3. The molecule has 3 aromatic rings. The minimum atomic E-state index is 0.691. The molecule has 0 atom stereocenters. The highest BCUT2D eigenvalue weighted by atomic mass is 16.3. The van der Waals surface area contributed by atoms with Crippen LogP contribution in [0.5, 0.6) is 0 Å². The summed E-state index contributed by atoms with van der Waals surface area (Å²) in [6.07, 6.45) is 0. The Hall–Kier alpha value is -2.30. The van der Waals surface area contributed by atoms with E-state index in [1.54, 1.807) is 0 Å². The Labute approximate surface area is 117 Å². The number of rotatable bonds is 3. The number of aryl methyl sites for hydroxylation is 3. The molecule has 0 spiro atoms. The topological polar surface area (TPSA) is 55.9 Å². The Balaban J connectivity index is 1.82. The average Bonchev–Trinajstić information content (AvgIpc) is 2.87. The van der Waals surface area contributed by atoms with E-state index >= 15 is 0 Å². The zero-order valence-corrected chi connectivity index (χ0v) is 12.2. The molecule has 5 heteroatoms. The van der Waals surface area contributed by atoms with Crippen molar-refractivity contribution in [3.63, 3.8) is 0 Å². The van der Waals surface area contributed by atoms with Crippen LogP contribution in [0, 0.1) is 20.8 Å². The van der Waals surface area contributed by atoms with Crippen molar-refractivity contribution in [2.24, 2.45) is 7.05 Å².